The molecule has 1 saturated carbocycles. The van der Waals surface area contributed by atoms with Gasteiger partial charge in [0, 0.05) is 41.4 Å². The number of anilines is 2. The van der Waals surface area contributed by atoms with Crippen LogP contribution in [-0.2, 0) is 0 Å². The molecule has 1 aliphatic heterocycles. The summed E-state index contributed by atoms with van der Waals surface area (Å²) in [5, 5.41) is 18.0. The molecule has 7 heteroatoms. The third-order valence-corrected chi connectivity index (χ3v) is 6.62. The van der Waals surface area contributed by atoms with Gasteiger partial charge in [-0.05, 0) is 83.8 Å². The zero-order chi connectivity index (χ0) is 21.1. The standard InChI is InChI=1S/C23H32ClN5O/c1-23(30)8-3-16(4-9-23)28-21-14-22(24)26-15-19(21)20-13-18(5-10-25-20)27-17-6-11-29(2)12-7-17/h5,10,13-17,30H,3-4,6-9,11-12H2,1-2H3,(H,25,27)(H,26,28). The Bertz CT molecular complexity index is 856. The molecule has 0 radical (unpaired) electrons. The van der Waals surface area contributed by atoms with Gasteiger partial charge in [0.2, 0.25) is 0 Å². The molecule has 2 aliphatic rings. The van der Waals surface area contributed by atoms with Crippen molar-refractivity contribution in [2.75, 3.05) is 30.8 Å². The first kappa shape index (κ1) is 21.3. The largest absolute Gasteiger partial charge is 0.390 e. The van der Waals surface area contributed by atoms with Gasteiger partial charge in [0.1, 0.15) is 5.15 Å². The zero-order valence-electron chi connectivity index (χ0n) is 17.9. The number of piperidine rings is 1. The van der Waals surface area contributed by atoms with E-state index in [1.54, 1.807) is 6.20 Å². The predicted octanol–water partition coefficient (Wildman–Crippen LogP) is 4.41. The molecule has 6 nitrogen and oxygen atoms in total. The summed E-state index contributed by atoms with van der Waals surface area (Å²) < 4.78 is 0. The number of nitrogens with one attached hydrogen (secondary N) is 2. The summed E-state index contributed by atoms with van der Waals surface area (Å²) in [6, 6.07) is 6.81. The first-order valence-electron chi connectivity index (χ1n) is 10.9. The van der Waals surface area contributed by atoms with Crippen molar-refractivity contribution >= 4 is 23.0 Å². The van der Waals surface area contributed by atoms with Gasteiger partial charge in [-0.2, -0.15) is 0 Å². The Labute approximate surface area is 184 Å². The molecule has 0 aromatic carbocycles. The van der Waals surface area contributed by atoms with Crippen LogP contribution in [-0.4, -0.2) is 57.8 Å². The lowest BCUT2D eigenvalue weighted by molar-refractivity contribution is 0.0196. The Morgan fingerprint density at radius 1 is 1.07 bits per heavy atom. The molecule has 0 bridgehead atoms. The van der Waals surface area contributed by atoms with Crippen molar-refractivity contribution in [3.05, 3.63) is 35.7 Å². The summed E-state index contributed by atoms with van der Waals surface area (Å²) in [5.41, 5.74) is 3.31. The second-order valence-corrected chi connectivity index (χ2v) is 9.51. The summed E-state index contributed by atoms with van der Waals surface area (Å²) in [6.45, 7) is 4.17. The lowest BCUT2D eigenvalue weighted by Crippen LogP contribution is -2.36. The molecule has 2 fully saturated rings. The molecule has 4 rings (SSSR count). The Hall–Kier alpha value is -1.89. The average molecular weight is 430 g/mol. The number of pyridine rings is 2. The second-order valence-electron chi connectivity index (χ2n) is 9.12. The molecule has 1 aliphatic carbocycles. The Morgan fingerprint density at radius 2 is 1.77 bits per heavy atom. The number of aliphatic hydroxyl groups is 1. The molecular formula is C23H32ClN5O. The van der Waals surface area contributed by atoms with Crippen molar-refractivity contribution in [1.82, 2.24) is 14.9 Å². The van der Waals surface area contributed by atoms with E-state index < -0.39 is 5.60 Å². The van der Waals surface area contributed by atoms with E-state index >= 15 is 0 Å². The number of aromatic nitrogens is 2. The van der Waals surface area contributed by atoms with E-state index in [1.165, 1.54) is 0 Å². The maximum Gasteiger partial charge on any atom is 0.131 e. The van der Waals surface area contributed by atoms with Crippen LogP contribution >= 0.6 is 11.6 Å². The Balaban J connectivity index is 1.51. The SMILES string of the molecule is CN1CCC(Nc2ccnc(-c3cnc(Cl)cc3NC3CCC(C)(O)CC3)c2)CC1. The van der Waals surface area contributed by atoms with E-state index in [1.807, 2.05) is 25.3 Å². The molecular weight excluding hydrogens is 398 g/mol. The lowest BCUT2D eigenvalue weighted by Gasteiger charge is -2.34. The second kappa shape index (κ2) is 9.08. The van der Waals surface area contributed by atoms with Gasteiger partial charge in [-0.25, -0.2) is 4.98 Å². The van der Waals surface area contributed by atoms with Crippen molar-refractivity contribution in [3.63, 3.8) is 0 Å². The van der Waals surface area contributed by atoms with Gasteiger partial charge in [-0.15, -0.1) is 0 Å². The summed E-state index contributed by atoms with van der Waals surface area (Å²) >= 11 is 6.21. The monoisotopic (exact) mass is 429 g/mol. The van der Waals surface area contributed by atoms with Crippen LogP contribution in [0.2, 0.25) is 5.15 Å². The minimum absolute atomic E-state index is 0.308. The van der Waals surface area contributed by atoms with Gasteiger partial charge >= 0.3 is 0 Å². The van der Waals surface area contributed by atoms with Crippen LogP contribution in [0.3, 0.4) is 0 Å². The van der Waals surface area contributed by atoms with Crippen LogP contribution in [0.1, 0.15) is 45.4 Å². The van der Waals surface area contributed by atoms with Crippen LogP contribution in [0.25, 0.3) is 11.3 Å². The molecule has 2 aromatic rings. The molecule has 3 N–H and O–H groups in total. The summed E-state index contributed by atoms with van der Waals surface area (Å²) in [4.78, 5) is 11.3. The van der Waals surface area contributed by atoms with Crippen molar-refractivity contribution in [3.8, 4) is 11.3 Å². The van der Waals surface area contributed by atoms with Crippen molar-refractivity contribution < 1.29 is 5.11 Å². The maximum absolute atomic E-state index is 10.2. The highest BCUT2D eigenvalue weighted by Crippen LogP contribution is 2.34. The molecule has 0 amide bonds. The van der Waals surface area contributed by atoms with Gasteiger partial charge in [0.05, 0.1) is 11.3 Å². The molecule has 1 saturated heterocycles. The first-order valence-corrected chi connectivity index (χ1v) is 11.3. The summed E-state index contributed by atoms with van der Waals surface area (Å²) in [6.07, 6.45) is 9.40. The average Bonchev–Trinajstić information content (AvgIpc) is 2.72. The molecule has 0 unspecified atom stereocenters. The number of halogens is 1. The van der Waals surface area contributed by atoms with E-state index in [4.69, 9.17) is 11.6 Å². The highest BCUT2D eigenvalue weighted by Gasteiger charge is 2.29. The van der Waals surface area contributed by atoms with Gasteiger partial charge in [-0.3, -0.25) is 4.98 Å². The van der Waals surface area contributed by atoms with E-state index in [0.717, 1.165) is 74.2 Å². The fraction of sp³-hybridized carbons (Fsp3) is 0.565. The number of hydrogen-bond acceptors (Lipinski definition) is 6. The van der Waals surface area contributed by atoms with Crippen LogP contribution in [0.5, 0.6) is 0 Å². The third kappa shape index (κ3) is 5.42. The van der Waals surface area contributed by atoms with Crippen molar-refractivity contribution in [1.29, 1.82) is 0 Å². The number of hydrogen-bond donors (Lipinski definition) is 3. The maximum atomic E-state index is 10.2. The number of rotatable bonds is 5. The summed E-state index contributed by atoms with van der Waals surface area (Å²) in [5.74, 6) is 0. The molecule has 0 atom stereocenters. The third-order valence-electron chi connectivity index (χ3n) is 6.42. The van der Waals surface area contributed by atoms with Gasteiger partial charge in [-0.1, -0.05) is 11.6 Å². The highest BCUT2D eigenvalue weighted by atomic mass is 35.5. The number of nitrogens with zero attached hydrogens (tertiary/aromatic N) is 3. The van der Waals surface area contributed by atoms with Crippen LogP contribution in [0.15, 0.2) is 30.6 Å². The van der Waals surface area contributed by atoms with Crippen molar-refractivity contribution in [2.24, 2.45) is 0 Å². The molecule has 30 heavy (non-hydrogen) atoms. The Morgan fingerprint density at radius 3 is 2.50 bits per heavy atom. The Kier molecular flexibility index (Phi) is 6.46. The van der Waals surface area contributed by atoms with Crippen LogP contribution in [0, 0.1) is 0 Å². The quantitative estimate of drug-likeness (QED) is 0.611. The van der Waals surface area contributed by atoms with Gasteiger partial charge in [0.25, 0.3) is 0 Å². The van der Waals surface area contributed by atoms with Gasteiger partial charge in [0.15, 0.2) is 0 Å². The van der Waals surface area contributed by atoms with E-state index in [0.29, 0.717) is 17.2 Å². The highest BCUT2D eigenvalue weighted by molar-refractivity contribution is 6.29. The molecule has 0 spiro atoms. The van der Waals surface area contributed by atoms with Crippen molar-refractivity contribution in [2.45, 2.75) is 63.1 Å². The summed E-state index contributed by atoms with van der Waals surface area (Å²) in [7, 11) is 2.18. The lowest BCUT2D eigenvalue weighted by atomic mass is 9.83. The normalized spacial score (nSPS) is 25.8. The minimum atomic E-state index is -0.549. The molecule has 162 valence electrons. The fourth-order valence-electron chi connectivity index (χ4n) is 4.41. The zero-order valence-corrected chi connectivity index (χ0v) is 18.6. The predicted molar refractivity (Wildman–Crippen MR) is 123 cm³/mol. The molecule has 3 heterocycles. The van der Waals surface area contributed by atoms with Gasteiger partial charge < -0.3 is 20.6 Å². The van der Waals surface area contributed by atoms with Crippen LogP contribution < -0.4 is 10.6 Å². The number of likely N-dealkylation sites (tertiary alicyclic amines) is 1. The van der Waals surface area contributed by atoms with Crippen LogP contribution in [0.4, 0.5) is 11.4 Å². The van der Waals surface area contributed by atoms with E-state index in [9.17, 15) is 5.11 Å². The minimum Gasteiger partial charge on any atom is -0.390 e. The fourth-order valence-corrected chi connectivity index (χ4v) is 4.57. The van der Waals surface area contributed by atoms with E-state index in [-0.39, 0.29) is 0 Å². The van der Waals surface area contributed by atoms with E-state index in [2.05, 4.69) is 38.6 Å². The molecule has 2 aromatic heterocycles. The smallest absolute Gasteiger partial charge is 0.131 e. The first-order chi connectivity index (χ1) is 14.4. The topological polar surface area (TPSA) is 73.3 Å².